The van der Waals surface area contributed by atoms with E-state index in [1.54, 1.807) is 6.20 Å². The lowest BCUT2D eigenvalue weighted by molar-refractivity contribution is -0.375. The van der Waals surface area contributed by atoms with Crippen molar-refractivity contribution >= 4 is 22.9 Å². The van der Waals surface area contributed by atoms with E-state index in [1.807, 2.05) is 72.8 Å². The van der Waals surface area contributed by atoms with Crippen LogP contribution < -0.4 is 10.6 Å². The number of aliphatic hydroxyl groups excluding tert-OH is 7. The van der Waals surface area contributed by atoms with Crippen LogP contribution in [0.15, 0.2) is 79.0 Å². The number of benzene rings is 3. The first-order chi connectivity index (χ1) is 26.1. The number of amides is 2. The smallest absolute Gasteiger partial charge is 0.407 e. The zero-order valence-corrected chi connectivity index (χ0v) is 28.9. The SMILES string of the molecule is O=C(N[C@@H](Cc1c[nH]c2ccccc12)C(=O)N[C@H]1[C@@H](O)[C@@H](O[C@]2(CO)O[C@H](CO)[C@@H](O)[C@@H]2O)O[C@H](CO)[C@H]1O)OCC1c2ccccc2-c2ccccc21. The highest BCUT2D eigenvalue weighted by Crippen LogP contribution is 2.44. The highest BCUT2D eigenvalue weighted by Gasteiger charge is 2.58. The molecule has 0 bridgehead atoms. The van der Waals surface area contributed by atoms with Crippen molar-refractivity contribution in [2.24, 2.45) is 0 Å². The molecule has 0 spiro atoms. The minimum Gasteiger partial charge on any atom is -0.449 e. The Morgan fingerprint density at radius 3 is 2.13 bits per heavy atom. The third-order valence-electron chi connectivity index (χ3n) is 10.5. The van der Waals surface area contributed by atoms with Crippen molar-refractivity contribution in [3.63, 3.8) is 0 Å². The van der Waals surface area contributed by atoms with Gasteiger partial charge in [-0.3, -0.25) is 4.79 Å². The van der Waals surface area contributed by atoms with E-state index < -0.39 is 92.6 Å². The summed E-state index contributed by atoms with van der Waals surface area (Å²) in [7, 11) is 0. The largest absolute Gasteiger partial charge is 0.449 e. The van der Waals surface area contributed by atoms with E-state index in [4.69, 9.17) is 18.9 Å². The molecule has 3 heterocycles. The van der Waals surface area contributed by atoms with Crippen LogP contribution in [0.1, 0.15) is 22.6 Å². The Hall–Kier alpha value is -4.46. The Labute approximate surface area is 308 Å². The average Bonchev–Trinajstić information content (AvgIpc) is 3.83. The van der Waals surface area contributed by atoms with Gasteiger partial charge in [0.25, 0.3) is 0 Å². The quantitative estimate of drug-likeness (QED) is 0.0867. The molecule has 2 amide bonds. The van der Waals surface area contributed by atoms with Crippen molar-refractivity contribution in [3.8, 4) is 11.1 Å². The molecule has 3 aromatic carbocycles. The molecule has 16 nitrogen and oxygen atoms in total. The van der Waals surface area contributed by atoms with Crippen LogP contribution in [-0.4, -0.2) is 140 Å². The molecule has 0 saturated carbocycles. The summed E-state index contributed by atoms with van der Waals surface area (Å²) in [5, 5.41) is 79.1. The first kappa shape index (κ1) is 37.8. The topological polar surface area (TPSA) is 253 Å². The summed E-state index contributed by atoms with van der Waals surface area (Å²) in [5.74, 6) is -3.49. The zero-order valence-electron chi connectivity index (χ0n) is 28.9. The molecule has 4 aromatic rings. The van der Waals surface area contributed by atoms with Gasteiger partial charge < -0.3 is 70.3 Å². The van der Waals surface area contributed by atoms with Gasteiger partial charge in [-0.2, -0.15) is 0 Å². The third-order valence-corrected chi connectivity index (χ3v) is 10.5. The Bertz CT molecular complexity index is 1910. The molecule has 288 valence electrons. The Morgan fingerprint density at radius 2 is 1.48 bits per heavy atom. The van der Waals surface area contributed by atoms with E-state index in [0.717, 1.165) is 33.2 Å². The summed E-state index contributed by atoms with van der Waals surface area (Å²) < 4.78 is 22.4. The highest BCUT2D eigenvalue weighted by molar-refractivity contribution is 5.88. The second-order valence-corrected chi connectivity index (χ2v) is 13.7. The molecule has 2 aliphatic heterocycles. The van der Waals surface area contributed by atoms with Crippen LogP contribution in [0.4, 0.5) is 4.79 Å². The summed E-state index contributed by atoms with van der Waals surface area (Å²) >= 11 is 0. The Morgan fingerprint density at radius 1 is 0.833 bits per heavy atom. The van der Waals surface area contributed by atoms with Crippen LogP contribution in [-0.2, 0) is 30.2 Å². The van der Waals surface area contributed by atoms with Crippen molar-refractivity contribution < 1.29 is 64.3 Å². The molecule has 10 atom stereocenters. The van der Waals surface area contributed by atoms with Crippen LogP contribution in [0.2, 0.25) is 0 Å². The molecular weight excluding hydrogens is 706 g/mol. The maximum atomic E-state index is 14.1. The van der Waals surface area contributed by atoms with E-state index in [9.17, 15) is 45.3 Å². The van der Waals surface area contributed by atoms with E-state index in [0.29, 0.717) is 5.56 Å². The Balaban J connectivity index is 1.10. The van der Waals surface area contributed by atoms with Crippen molar-refractivity contribution in [1.82, 2.24) is 15.6 Å². The molecular formula is C38H43N3O13. The normalized spacial score (nSPS) is 29.8. The minimum atomic E-state index is -2.39. The molecule has 10 N–H and O–H groups in total. The highest BCUT2D eigenvalue weighted by atomic mass is 16.8. The van der Waals surface area contributed by atoms with E-state index >= 15 is 0 Å². The van der Waals surface area contributed by atoms with Gasteiger partial charge in [0.1, 0.15) is 55.9 Å². The lowest BCUT2D eigenvalue weighted by Gasteiger charge is -2.45. The number of nitrogens with one attached hydrogen (secondary N) is 3. The van der Waals surface area contributed by atoms with Crippen LogP contribution in [0.5, 0.6) is 0 Å². The first-order valence-electron chi connectivity index (χ1n) is 17.6. The summed E-state index contributed by atoms with van der Waals surface area (Å²) in [6, 6.07) is 20.1. The lowest BCUT2D eigenvalue weighted by Crippen LogP contribution is -2.68. The average molecular weight is 750 g/mol. The third kappa shape index (κ3) is 6.97. The second kappa shape index (κ2) is 15.7. The number of rotatable bonds is 12. The molecule has 2 saturated heterocycles. The molecule has 2 fully saturated rings. The number of aromatic amines is 1. The number of ether oxygens (including phenoxy) is 4. The fourth-order valence-electron chi connectivity index (χ4n) is 7.60. The van der Waals surface area contributed by atoms with Gasteiger partial charge in [0, 0.05) is 29.4 Å². The van der Waals surface area contributed by atoms with Gasteiger partial charge >= 0.3 is 6.09 Å². The van der Waals surface area contributed by atoms with Crippen molar-refractivity contribution in [2.75, 3.05) is 26.4 Å². The second-order valence-electron chi connectivity index (χ2n) is 13.7. The zero-order chi connectivity index (χ0) is 38.1. The first-order valence-corrected chi connectivity index (χ1v) is 17.6. The van der Waals surface area contributed by atoms with Crippen molar-refractivity contribution in [1.29, 1.82) is 0 Å². The van der Waals surface area contributed by atoms with Gasteiger partial charge in [-0.1, -0.05) is 66.7 Å². The van der Waals surface area contributed by atoms with Crippen molar-refractivity contribution in [2.45, 2.75) is 73.1 Å². The summed E-state index contributed by atoms with van der Waals surface area (Å²) in [6.45, 7) is -2.65. The number of hydrogen-bond acceptors (Lipinski definition) is 13. The summed E-state index contributed by atoms with van der Waals surface area (Å²) in [6.07, 6.45) is -11.2. The number of hydrogen-bond donors (Lipinski definition) is 10. The van der Waals surface area contributed by atoms with Gasteiger partial charge in [-0.05, 0) is 33.9 Å². The van der Waals surface area contributed by atoms with Gasteiger partial charge in [0.2, 0.25) is 11.7 Å². The summed E-state index contributed by atoms with van der Waals surface area (Å²) in [4.78, 5) is 30.7. The molecule has 16 heteroatoms. The van der Waals surface area contributed by atoms with E-state index in [2.05, 4.69) is 15.6 Å². The van der Waals surface area contributed by atoms with Crippen molar-refractivity contribution in [3.05, 3.63) is 95.7 Å². The fourth-order valence-corrected chi connectivity index (χ4v) is 7.60. The number of carbonyl (C=O) groups excluding carboxylic acids is 2. The molecule has 1 aromatic heterocycles. The molecule has 7 rings (SSSR count). The molecule has 1 aliphatic carbocycles. The monoisotopic (exact) mass is 749 g/mol. The predicted molar refractivity (Wildman–Crippen MR) is 189 cm³/mol. The number of H-pyrrole nitrogens is 1. The molecule has 0 radical (unpaired) electrons. The molecule has 54 heavy (non-hydrogen) atoms. The number of aliphatic hydroxyl groups is 7. The standard InChI is InChI=1S/C38H43N3O13/c42-15-28-31(45)30(33(47)36(52-28)54-38(18-44)34(48)32(46)29(16-43)53-38)41-35(49)27(13-19-14-39-26-12-6-5-7-20(19)26)40-37(50)51-17-25-23-10-3-1-8-21(23)22-9-2-4-11-24(22)25/h1-12,14,25,27-34,36,39,42-48H,13,15-18H2,(H,40,50)(H,41,49)/t27-,28+,29+,30+,31+,32+,33+,34-,36+,38-/m0/s1. The molecule has 3 aliphatic rings. The number of para-hydroxylation sites is 1. The Kier molecular flexibility index (Phi) is 11.0. The van der Waals surface area contributed by atoms with E-state index in [1.165, 1.54) is 0 Å². The maximum absolute atomic E-state index is 14.1. The number of aromatic nitrogens is 1. The lowest BCUT2D eigenvalue weighted by atomic mass is 9.95. The van der Waals surface area contributed by atoms with E-state index in [-0.39, 0.29) is 18.9 Å². The fraction of sp³-hybridized carbons (Fsp3) is 0.421. The number of carbonyl (C=O) groups is 2. The van der Waals surface area contributed by atoms with Gasteiger partial charge in [-0.25, -0.2) is 4.79 Å². The van der Waals surface area contributed by atoms with Crippen LogP contribution >= 0.6 is 0 Å². The van der Waals surface area contributed by atoms with Gasteiger partial charge in [0.15, 0.2) is 6.29 Å². The van der Waals surface area contributed by atoms with Gasteiger partial charge in [0.05, 0.1) is 19.3 Å². The summed E-state index contributed by atoms with van der Waals surface area (Å²) in [5.41, 5.74) is 5.53. The molecule has 0 unspecified atom stereocenters. The van der Waals surface area contributed by atoms with Gasteiger partial charge in [-0.15, -0.1) is 0 Å². The predicted octanol–water partition coefficient (Wildman–Crippen LogP) is -0.640. The van der Waals surface area contributed by atoms with Crippen LogP contribution in [0.3, 0.4) is 0 Å². The minimum absolute atomic E-state index is 0.0256. The van der Waals surface area contributed by atoms with Crippen LogP contribution in [0, 0.1) is 0 Å². The number of alkyl carbamates (subject to hydrolysis) is 1. The number of fused-ring (bicyclic) bond motifs is 4. The van der Waals surface area contributed by atoms with Crippen LogP contribution in [0.25, 0.3) is 22.0 Å². The maximum Gasteiger partial charge on any atom is 0.407 e.